The third kappa shape index (κ3) is 4.77. The molecule has 0 fully saturated rings. The van der Waals surface area contributed by atoms with E-state index in [1.165, 1.54) is 30.0 Å². The zero-order chi connectivity index (χ0) is 18.4. The standard InChI is InChI=1S/C17H17N5O2S2/c1-12(23)18-10-9-14-7-8-16(26-14)15(24)11-25-17-19-20-21-22(17)13-5-3-2-4-6-13/h2-8H,9-11H2,1H3,(H,18,23). The molecule has 134 valence electrons. The summed E-state index contributed by atoms with van der Waals surface area (Å²) in [6.07, 6.45) is 0.719. The molecule has 0 unspecified atom stereocenters. The number of hydrogen-bond donors (Lipinski definition) is 1. The van der Waals surface area contributed by atoms with Crippen LogP contribution in [0.15, 0.2) is 47.6 Å². The molecule has 0 aliphatic carbocycles. The first kappa shape index (κ1) is 18.3. The Morgan fingerprint density at radius 1 is 1.19 bits per heavy atom. The van der Waals surface area contributed by atoms with Crippen LogP contribution in [0.1, 0.15) is 21.5 Å². The number of aromatic nitrogens is 4. The molecule has 0 aliphatic heterocycles. The Balaban J connectivity index is 1.58. The van der Waals surface area contributed by atoms with Gasteiger partial charge in [0.2, 0.25) is 11.1 Å². The van der Waals surface area contributed by atoms with Crippen LogP contribution < -0.4 is 5.32 Å². The maximum atomic E-state index is 12.4. The predicted molar refractivity (Wildman–Crippen MR) is 101 cm³/mol. The highest BCUT2D eigenvalue weighted by Crippen LogP contribution is 2.22. The van der Waals surface area contributed by atoms with Crippen LogP contribution in [0.2, 0.25) is 0 Å². The number of carbonyl (C=O) groups excluding carboxylic acids is 2. The molecule has 1 N–H and O–H groups in total. The van der Waals surface area contributed by atoms with Gasteiger partial charge in [-0.05, 0) is 41.1 Å². The first-order valence-corrected chi connectivity index (χ1v) is 9.76. The molecule has 0 aliphatic rings. The number of para-hydroxylation sites is 1. The zero-order valence-corrected chi connectivity index (χ0v) is 15.7. The second kappa shape index (κ2) is 8.72. The molecule has 2 aromatic heterocycles. The monoisotopic (exact) mass is 387 g/mol. The molecule has 3 rings (SSSR count). The summed E-state index contributed by atoms with van der Waals surface area (Å²) < 4.78 is 1.62. The van der Waals surface area contributed by atoms with Crippen molar-refractivity contribution >= 4 is 34.8 Å². The number of ketones is 1. The lowest BCUT2D eigenvalue weighted by atomic mass is 10.3. The van der Waals surface area contributed by atoms with E-state index in [2.05, 4.69) is 20.8 Å². The largest absolute Gasteiger partial charge is 0.356 e. The smallest absolute Gasteiger partial charge is 0.216 e. The van der Waals surface area contributed by atoms with Crippen molar-refractivity contribution in [3.63, 3.8) is 0 Å². The van der Waals surface area contributed by atoms with Crippen LogP contribution in [0.4, 0.5) is 0 Å². The van der Waals surface area contributed by atoms with E-state index in [4.69, 9.17) is 0 Å². The van der Waals surface area contributed by atoms with Gasteiger partial charge in [-0.25, -0.2) is 0 Å². The van der Waals surface area contributed by atoms with Crippen LogP contribution in [-0.2, 0) is 11.2 Å². The highest BCUT2D eigenvalue weighted by atomic mass is 32.2. The third-order valence-electron chi connectivity index (χ3n) is 3.46. The second-order valence-electron chi connectivity index (χ2n) is 5.42. The Labute approximate surface area is 158 Å². The predicted octanol–water partition coefficient (Wildman–Crippen LogP) is 2.38. The van der Waals surface area contributed by atoms with E-state index in [9.17, 15) is 9.59 Å². The number of thioether (sulfide) groups is 1. The van der Waals surface area contributed by atoms with Gasteiger partial charge < -0.3 is 5.32 Å². The number of thiophene rings is 1. The third-order valence-corrected chi connectivity index (χ3v) is 5.56. The van der Waals surface area contributed by atoms with E-state index >= 15 is 0 Å². The Bertz CT molecular complexity index is 891. The van der Waals surface area contributed by atoms with Crippen molar-refractivity contribution in [1.82, 2.24) is 25.5 Å². The molecular formula is C17H17N5O2S2. The van der Waals surface area contributed by atoms with E-state index in [1.54, 1.807) is 4.68 Å². The van der Waals surface area contributed by atoms with Gasteiger partial charge in [-0.3, -0.25) is 9.59 Å². The molecule has 3 aromatic rings. The van der Waals surface area contributed by atoms with E-state index in [1.807, 2.05) is 42.5 Å². The summed E-state index contributed by atoms with van der Waals surface area (Å²) in [6, 6.07) is 13.3. The maximum absolute atomic E-state index is 12.4. The summed E-state index contributed by atoms with van der Waals surface area (Å²) in [7, 11) is 0. The first-order chi connectivity index (χ1) is 12.6. The van der Waals surface area contributed by atoms with Gasteiger partial charge in [0.05, 0.1) is 16.3 Å². The van der Waals surface area contributed by atoms with Crippen molar-refractivity contribution in [3.05, 3.63) is 52.2 Å². The van der Waals surface area contributed by atoms with Crippen molar-refractivity contribution in [2.45, 2.75) is 18.5 Å². The molecule has 0 radical (unpaired) electrons. The quantitative estimate of drug-likeness (QED) is 0.471. The minimum atomic E-state index is -0.0506. The Hall–Kier alpha value is -2.52. The van der Waals surface area contributed by atoms with E-state index < -0.39 is 0 Å². The lowest BCUT2D eigenvalue weighted by molar-refractivity contribution is -0.118. The minimum absolute atomic E-state index is 0.0355. The number of rotatable bonds is 8. The molecule has 1 amide bonds. The molecule has 1 aromatic carbocycles. The maximum Gasteiger partial charge on any atom is 0.216 e. The number of tetrazole rings is 1. The SMILES string of the molecule is CC(=O)NCCc1ccc(C(=O)CSc2nnnn2-c2ccccc2)s1. The average Bonchev–Trinajstić information content (AvgIpc) is 3.29. The van der Waals surface area contributed by atoms with Gasteiger partial charge in [0.1, 0.15) is 0 Å². The molecule has 0 spiro atoms. The lowest BCUT2D eigenvalue weighted by Gasteiger charge is -2.03. The summed E-state index contributed by atoms with van der Waals surface area (Å²) in [6.45, 7) is 2.06. The van der Waals surface area contributed by atoms with Gasteiger partial charge in [-0.15, -0.1) is 16.4 Å². The van der Waals surface area contributed by atoms with Crippen LogP contribution in [0, 0.1) is 0 Å². The average molecular weight is 387 g/mol. The Kier molecular flexibility index (Phi) is 6.13. The topological polar surface area (TPSA) is 89.8 Å². The summed E-state index contributed by atoms with van der Waals surface area (Å²) in [5, 5.41) is 15.0. The summed E-state index contributed by atoms with van der Waals surface area (Å²) in [5.74, 6) is 0.248. The van der Waals surface area contributed by atoms with Gasteiger partial charge in [-0.1, -0.05) is 30.0 Å². The molecule has 0 bridgehead atoms. The van der Waals surface area contributed by atoms with Crippen molar-refractivity contribution < 1.29 is 9.59 Å². The van der Waals surface area contributed by atoms with Gasteiger partial charge in [0, 0.05) is 18.3 Å². The fraction of sp³-hybridized carbons (Fsp3) is 0.235. The second-order valence-corrected chi connectivity index (χ2v) is 7.53. The minimum Gasteiger partial charge on any atom is -0.356 e. The number of amides is 1. The number of hydrogen-bond acceptors (Lipinski definition) is 7. The van der Waals surface area contributed by atoms with Crippen molar-refractivity contribution in [1.29, 1.82) is 0 Å². The first-order valence-electron chi connectivity index (χ1n) is 7.96. The molecule has 0 atom stereocenters. The molecule has 2 heterocycles. The van der Waals surface area contributed by atoms with Crippen LogP contribution in [0.5, 0.6) is 0 Å². The van der Waals surface area contributed by atoms with E-state index in [0.717, 1.165) is 17.0 Å². The molecule has 9 heteroatoms. The fourth-order valence-electron chi connectivity index (χ4n) is 2.23. The number of benzene rings is 1. The molecule has 0 saturated carbocycles. The van der Waals surface area contributed by atoms with Crippen LogP contribution in [0.25, 0.3) is 5.69 Å². The lowest BCUT2D eigenvalue weighted by Crippen LogP contribution is -2.22. The van der Waals surface area contributed by atoms with Crippen molar-refractivity contribution in [2.24, 2.45) is 0 Å². The number of carbonyl (C=O) groups is 2. The van der Waals surface area contributed by atoms with Gasteiger partial charge >= 0.3 is 0 Å². The number of Topliss-reactive ketones (excluding diaryl/α,β-unsaturated/α-hetero) is 1. The fourth-order valence-corrected chi connectivity index (χ4v) is 4.04. The highest BCUT2D eigenvalue weighted by molar-refractivity contribution is 7.99. The van der Waals surface area contributed by atoms with Crippen molar-refractivity contribution in [2.75, 3.05) is 12.3 Å². The highest BCUT2D eigenvalue weighted by Gasteiger charge is 2.14. The van der Waals surface area contributed by atoms with Crippen LogP contribution >= 0.6 is 23.1 Å². The molecule has 7 nitrogen and oxygen atoms in total. The Morgan fingerprint density at radius 2 is 2.00 bits per heavy atom. The molecule has 26 heavy (non-hydrogen) atoms. The summed E-state index contributed by atoms with van der Waals surface area (Å²) in [4.78, 5) is 25.1. The van der Waals surface area contributed by atoms with E-state index in [-0.39, 0.29) is 17.4 Å². The van der Waals surface area contributed by atoms with Gasteiger partial charge in [-0.2, -0.15) is 4.68 Å². The van der Waals surface area contributed by atoms with Crippen molar-refractivity contribution in [3.8, 4) is 5.69 Å². The summed E-state index contributed by atoms with van der Waals surface area (Å²) in [5.41, 5.74) is 0.851. The number of nitrogens with one attached hydrogen (secondary N) is 1. The van der Waals surface area contributed by atoms with Crippen LogP contribution in [0.3, 0.4) is 0 Å². The van der Waals surface area contributed by atoms with Gasteiger partial charge in [0.25, 0.3) is 0 Å². The zero-order valence-electron chi connectivity index (χ0n) is 14.1. The van der Waals surface area contributed by atoms with Crippen LogP contribution in [-0.4, -0.2) is 44.2 Å². The normalized spacial score (nSPS) is 10.7. The molecular weight excluding hydrogens is 370 g/mol. The summed E-state index contributed by atoms with van der Waals surface area (Å²) >= 11 is 2.77. The van der Waals surface area contributed by atoms with Gasteiger partial charge in [0.15, 0.2) is 5.78 Å². The number of nitrogens with zero attached hydrogens (tertiary/aromatic N) is 4. The molecule has 0 saturated heterocycles. The Morgan fingerprint density at radius 3 is 2.77 bits per heavy atom. The van der Waals surface area contributed by atoms with E-state index in [0.29, 0.717) is 16.6 Å².